The van der Waals surface area contributed by atoms with E-state index in [-0.39, 0.29) is 4.87 Å². The van der Waals surface area contributed by atoms with Crippen molar-refractivity contribution >= 4 is 11.3 Å². The summed E-state index contributed by atoms with van der Waals surface area (Å²) in [6.45, 7) is 1.41. The van der Waals surface area contributed by atoms with Crippen molar-refractivity contribution in [1.29, 1.82) is 0 Å². The van der Waals surface area contributed by atoms with Gasteiger partial charge in [0.2, 0.25) is 0 Å². The fraction of sp³-hybridized carbons (Fsp3) is 0.308. The molecule has 1 atom stereocenters. The smallest absolute Gasteiger partial charge is 0.304 e. The maximum Gasteiger partial charge on any atom is 0.304 e. The molecule has 94 valence electrons. The number of rotatable bonds is 3. The number of ether oxygens (including phenoxy) is 1. The van der Waals surface area contributed by atoms with Crippen LogP contribution in [0.3, 0.4) is 0 Å². The van der Waals surface area contributed by atoms with Gasteiger partial charge in [-0.15, -0.1) is 0 Å². The molecule has 0 saturated carbocycles. The summed E-state index contributed by atoms with van der Waals surface area (Å²) in [5, 5.41) is 5.33. The second kappa shape index (κ2) is 4.96. The highest BCUT2D eigenvalue weighted by Gasteiger charge is 2.20. The minimum absolute atomic E-state index is 0.000761. The first-order valence-corrected chi connectivity index (χ1v) is 6.83. The third kappa shape index (κ3) is 2.32. The standard InChI is InChI=1S/C13H14N2O2S/c16-13-15-9(8-18-13)7-14-11-5-6-17-12-4-2-1-3-10(11)12/h1-4,8,11,14H,5-7H2,(H,15,16). The number of aromatic nitrogens is 1. The topological polar surface area (TPSA) is 54.1 Å². The van der Waals surface area contributed by atoms with Crippen LogP contribution in [0, 0.1) is 0 Å². The lowest BCUT2D eigenvalue weighted by Crippen LogP contribution is -2.27. The van der Waals surface area contributed by atoms with Crippen molar-refractivity contribution in [2.24, 2.45) is 0 Å². The van der Waals surface area contributed by atoms with Crippen LogP contribution in [0.15, 0.2) is 34.4 Å². The molecule has 1 aliphatic rings. The predicted octanol–water partition coefficient (Wildman–Crippen LogP) is 2.05. The van der Waals surface area contributed by atoms with E-state index in [9.17, 15) is 4.79 Å². The van der Waals surface area contributed by atoms with E-state index in [1.807, 2.05) is 23.6 Å². The monoisotopic (exact) mass is 262 g/mol. The highest BCUT2D eigenvalue weighted by atomic mass is 32.1. The Bertz CT molecular complexity index is 590. The van der Waals surface area contributed by atoms with Crippen LogP contribution in [-0.4, -0.2) is 11.6 Å². The molecule has 18 heavy (non-hydrogen) atoms. The van der Waals surface area contributed by atoms with Crippen LogP contribution in [0.1, 0.15) is 23.7 Å². The molecule has 2 heterocycles. The minimum atomic E-state index is -0.000761. The Hall–Kier alpha value is -1.59. The van der Waals surface area contributed by atoms with Crippen LogP contribution >= 0.6 is 11.3 Å². The predicted molar refractivity (Wildman–Crippen MR) is 71.1 cm³/mol. The second-order valence-corrected chi connectivity index (χ2v) is 5.12. The lowest BCUT2D eigenvalue weighted by Gasteiger charge is -2.26. The number of aromatic amines is 1. The molecule has 1 aromatic carbocycles. The van der Waals surface area contributed by atoms with Gasteiger partial charge in [0.1, 0.15) is 5.75 Å². The Morgan fingerprint density at radius 1 is 1.44 bits per heavy atom. The van der Waals surface area contributed by atoms with Crippen LogP contribution in [0.2, 0.25) is 0 Å². The summed E-state index contributed by atoms with van der Waals surface area (Å²) in [6, 6.07) is 8.38. The lowest BCUT2D eigenvalue weighted by molar-refractivity contribution is 0.252. The summed E-state index contributed by atoms with van der Waals surface area (Å²) in [5.41, 5.74) is 2.13. The Morgan fingerprint density at radius 2 is 2.33 bits per heavy atom. The van der Waals surface area contributed by atoms with Gasteiger partial charge in [0.15, 0.2) is 0 Å². The first-order valence-electron chi connectivity index (χ1n) is 5.95. The van der Waals surface area contributed by atoms with Gasteiger partial charge in [-0.25, -0.2) is 0 Å². The van der Waals surface area contributed by atoms with E-state index in [1.165, 1.54) is 16.9 Å². The highest BCUT2D eigenvalue weighted by molar-refractivity contribution is 7.07. The number of hydrogen-bond acceptors (Lipinski definition) is 4. The van der Waals surface area contributed by atoms with Gasteiger partial charge in [-0.3, -0.25) is 4.79 Å². The molecular weight excluding hydrogens is 248 g/mol. The van der Waals surface area contributed by atoms with E-state index in [2.05, 4.69) is 16.4 Å². The molecule has 4 nitrogen and oxygen atoms in total. The summed E-state index contributed by atoms with van der Waals surface area (Å²) in [6.07, 6.45) is 0.950. The molecule has 1 aliphatic heterocycles. The van der Waals surface area contributed by atoms with E-state index in [4.69, 9.17) is 4.74 Å². The molecule has 3 rings (SSSR count). The molecule has 0 spiro atoms. The normalized spacial score (nSPS) is 18.1. The number of H-pyrrole nitrogens is 1. The average Bonchev–Trinajstić information content (AvgIpc) is 2.82. The summed E-state index contributed by atoms with van der Waals surface area (Å²) < 4.78 is 5.61. The van der Waals surface area contributed by atoms with Gasteiger partial charge in [-0.05, 0) is 6.07 Å². The Balaban J connectivity index is 1.72. The number of fused-ring (bicyclic) bond motifs is 1. The fourth-order valence-corrected chi connectivity index (χ4v) is 2.77. The zero-order valence-electron chi connectivity index (χ0n) is 9.81. The molecule has 5 heteroatoms. The second-order valence-electron chi connectivity index (χ2n) is 4.28. The number of benzene rings is 1. The van der Waals surface area contributed by atoms with E-state index >= 15 is 0 Å². The molecule has 2 aromatic rings. The van der Waals surface area contributed by atoms with E-state index in [0.29, 0.717) is 12.6 Å². The van der Waals surface area contributed by atoms with Crippen LogP contribution in [0.25, 0.3) is 0 Å². The largest absolute Gasteiger partial charge is 0.493 e. The Kier molecular flexibility index (Phi) is 3.17. The highest BCUT2D eigenvalue weighted by Crippen LogP contribution is 2.31. The van der Waals surface area contributed by atoms with Crippen LogP contribution < -0.4 is 14.9 Å². The average molecular weight is 262 g/mol. The number of thiazole rings is 1. The first kappa shape index (κ1) is 11.5. The van der Waals surface area contributed by atoms with Crippen molar-refractivity contribution in [2.45, 2.75) is 19.0 Å². The SMILES string of the molecule is O=c1[nH]c(CNC2CCOc3ccccc32)cs1. The fourth-order valence-electron chi connectivity index (χ4n) is 2.19. The molecule has 1 unspecified atom stereocenters. The minimum Gasteiger partial charge on any atom is -0.493 e. The maximum absolute atomic E-state index is 11.1. The van der Waals surface area contributed by atoms with Crippen molar-refractivity contribution in [3.05, 3.63) is 50.6 Å². The molecule has 1 aromatic heterocycles. The summed E-state index contributed by atoms with van der Waals surface area (Å²) >= 11 is 1.20. The Labute approximate surface area is 109 Å². The van der Waals surface area contributed by atoms with Gasteiger partial charge in [0, 0.05) is 35.6 Å². The van der Waals surface area contributed by atoms with Crippen molar-refractivity contribution in [3.8, 4) is 5.75 Å². The zero-order chi connectivity index (χ0) is 12.4. The van der Waals surface area contributed by atoms with Crippen molar-refractivity contribution < 1.29 is 4.74 Å². The van der Waals surface area contributed by atoms with E-state index < -0.39 is 0 Å². The van der Waals surface area contributed by atoms with Crippen molar-refractivity contribution in [3.63, 3.8) is 0 Å². The first-order chi connectivity index (χ1) is 8.83. The third-order valence-electron chi connectivity index (χ3n) is 3.07. The van der Waals surface area contributed by atoms with E-state index in [1.54, 1.807) is 0 Å². The van der Waals surface area contributed by atoms with Crippen molar-refractivity contribution in [2.75, 3.05) is 6.61 Å². The van der Waals surface area contributed by atoms with Gasteiger partial charge >= 0.3 is 4.87 Å². The lowest BCUT2D eigenvalue weighted by atomic mass is 10.0. The van der Waals surface area contributed by atoms with Gasteiger partial charge in [0.05, 0.1) is 6.61 Å². The molecule has 0 aliphatic carbocycles. The van der Waals surface area contributed by atoms with E-state index in [0.717, 1.165) is 24.5 Å². The van der Waals surface area contributed by atoms with Crippen LogP contribution in [0.5, 0.6) is 5.75 Å². The maximum atomic E-state index is 11.1. The number of hydrogen-bond donors (Lipinski definition) is 2. The molecular formula is C13H14N2O2S. The quantitative estimate of drug-likeness (QED) is 0.890. The molecule has 0 fully saturated rings. The number of nitrogens with one attached hydrogen (secondary N) is 2. The summed E-state index contributed by atoms with van der Waals surface area (Å²) in [5.74, 6) is 0.958. The number of para-hydroxylation sites is 1. The van der Waals surface area contributed by atoms with Crippen LogP contribution in [0.4, 0.5) is 0 Å². The zero-order valence-corrected chi connectivity index (χ0v) is 10.6. The van der Waals surface area contributed by atoms with Gasteiger partial charge in [-0.1, -0.05) is 29.5 Å². The van der Waals surface area contributed by atoms with Crippen molar-refractivity contribution in [1.82, 2.24) is 10.3 Å². The Morgan fingerprint density at radius 3 is 3.17 bits per heavy atom. The molecule has 0 saturated heterocycles. The molecule has 0 amide bonds. The van der Waals surface area contributed by atoms with Crippen LogP contribution in [-0.2, 0) is 6.54 Å². The van der Waals surface area contributed by atoms with Gasteiger partial charge in [0.25, 0.3) is 0 Å². The van der Waals surface area contributed by atoms with Gasteiger partial charge in [-0.2, -0.15) is 0 Å². The summed E-state index contributed by atoms with van der Waals surface area (Å²) in [7, 11) is 0. The third-order valence-corrected chi connectivity index (χ3v) is 3.79. The molecule has 0 bridgehead atoms. The van der Waals surface area contributed by atoms with Gasteiger partial charge < -0.3 is 15.0 Å². The molecule has 2 N–H and O–H groups in total. The summed E-state index contributed by atoms with van der Waals surface area (Å²) in [4.78, 5) is 13.9. The molecule has 0 radical (unpaired) electrons.